The minimum Gasteiger partial charge on any atom is -0.462 e. The van der Waals surface area contributed by atoms with Gasteiger partial charge in [-0.1, -0.05) is 0 Å². The first-order chi connectivity index (χ1) is 11.8. The first-order valence-electron chi connectivity index (χ1n) is 7.02. The minimum absolute atomic E-state index is 0.0479. The van der Waals surface area contributed by atoms with Crippen molar-refractivity contribution in [3.05, 3.63) is 53.2 Å². The molecule has 0 bridgehead atoms. The van der Waals surface area contributed by atoms with Gasteiger partial charge in [0.1, 0.15) is 17.7 Å². The molecular formula is C15H13F3N4O3. The van der Waals surface area contributed by atoms with E-state index in [2.05, 4.69) is 15.4 Å². The van der Waals surface area contributed by atoms with Gasteiger partial charge < -0.3 is 10.1 Å². The summed E-state index contributed by atoms with van der Waals surface area (Å²) < 4.78 is 46.2. The highest BCUT2D eigenvalue weighted by Crippen LogP contribution is 2.18. The van der Waals surface area contributed by atoms with Crippen molar-refractivity contribution >= 4 is 17.7 Å². The fourth-order valence-corrected chi connectivity index (χ4v) is 1.83. The molecule has 0 fully saturated rings. The number of ether oxygens (including phenoxy) is 1. The third kappa shape index (κ3) is 4.03. The summed E-state index contributed by atoms with van der Waals surface area (Å²) >= 11 is 0. The lowest BCUT2D eigenvalue weighted by atomic mass is 10.0. The quantitative estimate of drug-likeness (QED) is 0.213. The van der Waals surface area contributed by atoms with Crippen LogP contribution in [0.3, 0.4) is 0 Å². The van der Waals surface area contributed by atoms with Crippen LogP contribution >= 0.6 is 0 Å². The first-order valence-corrected chi connectivity index (χ1v) is 7.02. The molecule has 2 aromatic rings. The van der Waals surface area contributed by atoms with E-state index in [1.807, 2.05) is 0 Å². The van der Waals surface area contributed by atoms with Crippen LogP contribution in [0.5, 0.6) is 0 Å². The maximum Gasteiger partial charge on any atom is 0.343 e. The Kier molecular flexibility index (Phi) is 5.52. The number of benzene rings is 1. The maximum absolute atomic E-state index is 13.8. The Morgan fingerprint density at radius 2 is 1.92 bits per heavy atom. The number of carbonyl (C=O) groups excluding carboxylic acids is 2. The standard InChI is InChI=1S/C15H13F3N4O3/c1-3-25-14(24)9(6-19-15-20-7-21-22(15)2)13(23)8-4-11(17)12(18)5-10(8)16/h4-7H,3H2,1-2H3,(H,19,20,21)/b9-6-. The molecule has 132 valence electrons. The van der Waals surface area contributed by atoms with Crippen molar-refractivity contribution in [3.63, 3.8) is 0 Å². The van der Waals surface area contributed by atoms with Crippen molar-refractivity contribution in [1.29, 1.82) is 0 Å². The highest BCUT2D eigenvalue weighted by molar-refractivity contribution is 6.24. The van der Waals surface area contributed by atoms with E-state index >= 15 is 0 Å². The lowest BCUT2D eigenvalue weighted by Gasteiger charge is -2.08. The first kappa shape index (κ1) is 18.2. The summed E-state index contributed by atoms with van der Waals surface area (Å²) in [6, 6.07) is 0.601. The summed E-state index contributed by atoms with van der Waals surface area (Å²) in [6.07, 6.45) is 2.15. The molecular weight excluding hydrogens is 341 g/mol. The molecule has 0 aliphatic heterocycles. The number of halogens is 3. The summed E-state index contributed by atoms with van der Waals surface area (Å²) in [4.78, 5) is 28.2. The summed E-state index contributed by atoms with van der Waals surface area (Å²) in [5.74, 6) is -6.24. The number of hydrogen-bond donors (Lipinski definition) is 1. The Hall–Kier alpha value is -3.17. The second-order valence-electron chi connectivity index (χ2n) is 4.71. The molecule has 0 radical (unpaired) electrons. The normalized spacial score (nSPS) is 11.3. The van der Waals surface area contributed by atoms with Gasteiger partial charge >= 0.3 is 5.97 Å². The second-order valence-corrected chi connectivity index (χ2v) is 4.71. The van der Waals surface area contributed by atoms with E-state index in [-0.39, 0.29) is 18.6 Å². The van der Waals surface area contributed by atoms with Crippen LogP contribution in [0.15, 0.2) is 30.2 Å². The highest BCUT2D eigenvalue weighted by Gasteiger charge is 2.25. The van der Waals surface area contributed by atoms with Gasteiger partial charge in [0.25, 0.3) is 0 Å². The largest absolute Gasteiger partial charge is 0.462 e. The summed E-state index contributed by atoms with van der Waals surface area (Å²) in [5, 5.41) is 6.32. The summed E-state index contributed by atoms with van der Waals surface area (Å²) in [5.41, 5.74) is -1.42. The van der Waals surface area contributed by atoms with Gasteiger partial charge in [-0.05, 0) is 13.0 Å². The average Bonchev–Trinajstić information content (AvgIpc) is 2.96. The zero-order valence-electron chi connectivity index (χ0n) is 13.2. The summed E-state index contributed by atoms with van der Waals surface area (Å²) in [6.45, 7) is 1.46. The van der Waals surface area contributed by atoms with Gasteiger partial charge in [-0.3, -0.25) is 4.79 Å². The van der Waals surface area contributed by atoms with E-state index in [9.17, 15) is 22.8 Å². The molecule has 25 heavy (non-hydrogen) atoms. The van der Waals surface area contributed by atoms with Crippen LogP contribution in [0, 0.1) is 17.5 Å². The number of nitrogens with zero attached hydrogens (tertiary/aromatic N) is 3. The Bertz CT molecular complexity index is 849. The molecule has 0 atom stereocenters. The number of Topliss-reactive ketones (excluding diaryl/α,β-unsaturated/α-hetero) is 1. The van der Waals surface area contributed by atoms with E-state index in [1.54, 1.807) is 7.05 Å². The molecule has 0 aliphatic rings. The smallest absolute Gasteiger partial charge is 0.343 e. The van der Waals surface area contributed by atoms with E-state index in [0.717, 1.165) is 6.20 Å². The molecule has 0 aliphatic carbocycles. The van der Waals surface area contributed by atoms with Gasteiger partial charge in [0.15, 0.2) is 11.6 Å². The Labute approximate surface area is 140 Å². The molecule has 1 aromatic carbocycles. The number of ketones is 1. The molecule has 0 amide bonds. The minimum atomic E-state index is -1.45. The van der Waals surface area contributed by atoms with Crippen molar-refractivity contribution in [1.82, 2.24) is 14.8 Å². The monoisotopic (exact) mass is 354 g/mol. The van der Waals surface area contributed by atoms with E-state index in [0.29, 0.717) is 6.07 Å². The molecule has 7 nitrogen and oxygen atoms in total. The molecule has 1 heterocycles. The van der Waals surface area contributed by atoms with Crippen molar-refractivity contribution in [2.24, 2.45) is 7.05 Å². The Morgan fingerprint density at radius 3 is 2.52 bits per heavy atom. The molecule has 0 saturated carbocycles. The fourth-order valence-electron chi connectivity index (χ4n) is 1.83. The zero-order chi connectivity index (χ0) is 18.6. The van der Waals surface area contributed by atoms with Gasteiger partial charge in [0, 0.05) is 19.3 Å². The van der Waals surface area contributed by atoms with Crippen LogP contribution in [0.4, 0.5) is 19.1 Å². The van der Waals surface area contributed by atoms with Gasteiger partial charge in [0.05, 0.1) is 12.2 Å². The topological polar surface area (TPSA) is 86.1 Å². The van der Waals surface area contributed by atoms with Gasteiger partial charge in [-0.25, -0.2) is 22.6 Å². The van der Waals surface area contributed by atoms with Crippen LogP contribution in [0.25, 0.3) is 0 Å². The number of aromatic nitrogens is 3. The van der Waals surface area contributed by atoms with Crippen molar-refractivity contribution in [2.75, 3.05) is 11.9 Å². The van der Waals surface area contributed by atoms with Gasteiger partial charge in [0.2, 0.25) is 11.7 Å². The van der Waals surface area contributed by atoms with Crippen LogP contribution in [-0.4, -0.2) is 33.1 Å². The molecule has 1 aromatic heterocycles. The molecule has 2 rings (SSSR count). The highest BCUT2D eigenvalue weighted by atomic mass is 19.2. The lowest BCUT2D eigenvalue weighted by Crippen LogP contribution is -2.19. The fraction of sp³-hybridized carbons (Fsp3) is 0.200. The van der Waals surface area contributed by atoms with Crippen molar-refractivity contribution in [2.45, 2.75) is 6.92 Å². The van der Waals surface area contributed by atoms with E-state index < -0.39 is 40.3 Å². The SMILES string of the molecule is CCOC(=O)/C(=C\Nc1ncnn1C)C(=O)c1cc(F)c(F)cc1F. The Morgan fingerprint density at radius 1 is 1.24 bits per heavy atom. The molecule has 10 heteroatoms. The number of nitrogens with one attached hydrogen (secondary N) is 1. The number of rotatable bonds is 6. The third-order valence-corrected chi connectivity index (χ3v) is 3.05. The van der Waals surface area contributed by atoms with Crippen LogP contribution in [-0.2, 0) is 16.6 Å². The predicted molar refractivity (Wildman–Crippen MR) is 80.0 cm³/mol. The zero-order valence-corrected chi connectivity index (χ0v) is 13.2. The Balaban J connectivity index is 2.41. The molecule has 1 N–H and O–H groups in total. The van der Waals surface area contributed by atoms with Gasteiger partial charge in [-0.2, -0.15) is 10.1 Å². The summed E-state index contributed by atoms with van der Waals surface area (Å²) in [7, 11) is 1.55. The second kappa shape index (κ2) is 7.60. The molecule has 0 spiro atoms. The average molecular weight is 354 g/mol. The van der Waals surface area contributed by atoms with Gasteiger partial charge in [-0.15, -0.1) is 0 Å². The number of hydrogen-bond acceptors (Lipinski definition) is 6. The predicted octanol–water partition coefficient (Wildman–Crippen LogP) is 1.97. The number of esters is 1. The number of carbonyl (C=O) groups is 2. The molecule has 0 saturated heterocycles. The van der Waals surface area contributed by atoms with E-state index in [1.165, 1.54) is 17.9 Å². The van der Waals surface area contributed by atoms with Crippen molar-refractivity contribution in [3.8, 4) is 0 Å². The van der Waals surface area contributed by atoms with Crippen molar-refractivity contribution < 1.29 is 27.5 Å². The number of aryl methyl sites for hydroxylation is 1. The lowest BCUT2D eigenvalue weighted by molar-refractivity contribution is -0.138. The maximum atomic E-state index is 13.8. The van der Waals surface area contributed by atoms with Crippen LogP contribution in [0.1, 0.15) is 17.3 Å². The number of anilines is 1. The van der Waals surface area contributed by atoms with Crippen LogP contribution < -0.4 is 5.32 Å². The van der Waals surface area contributed by atoms with Crippen LogP contribution in [0.2, 0.25) is 0 Å². The molecule has 0 unspecified atom stereocenters. The third-order valence-electron chi connectivity index (χ3n) is 3.05. The van der Waals surface area contributed by atoms with E-state index in [4.69, 9.17) is 4.74 Å².